The molecule has 0 radical (unpaired) electrons. The standard InChI is InChI=1S/C16H16F2N4O/c1-11(9-22-20-10-19-21-22)6-12-2-3-14-8-15(23-16(17)18)5-4-13(14)7-12/h2-5,7-8,10-11,16H,6,9H2,1H3. The van der Waals surface area contributed by atoms with Gasteiger partial charge in [-0.2, -0.15) is 13.6 Å². The lowest BCUT2D eigenvalue weighted by atomic mass is 9.98. The van der Waals surface area contributed by atoms with Gasteiger partial charge < -0.3 is 4.74 Å². The zero-order valence-corrected chi connectivity index (χ0v) is 12.6. The summed E-state index contributed by atoms with van der Waals surface area (Å²) in [7, 11) is 0. The van der Waals surface area contributed by atoms with Gasteiger partial charge in [-0.15, -0.1) is 10.2 Å². The second kappa shape index (κ2) is 6.68. The average Bonchev–Trinajstić information content (AvgIpc) is 2.99. The minimum absolute atomic E-state index is 0.172. The molecule has 1 aromatic heterocycles. The molecule has 1 heterocycles. The van der Waals surface area contributed by atoms with Crippen LogP contribution in [-0.2, 0) is 13.0 Å². The van der Waals surface area contributed by atoms with E-state index in [9.17, 15) is 8.78 Å². The van der Waals surface area contributed by atoms with Gasteiger partial charge >= 0.3 is 6.61 Å². The maximum Gasteiger partial charge on any atom is 0.387 e. The van der Waals surface area contributed by atoms with Gasteiger partial charge in [-0.1, -0.05) is 31.2 Å². The predicted octanol–water partition coefficient (Wildman–Crippen LogP) is 3.31. The largest absolute Gasteiger partial charge is 0.435 e. The summed E-state index contributed by atoms with van der Waals surface area (Å²) in [5, 5.41) is 13.4. The summed E-state index contributed by atoms with van der Waals surface area (Å²) < 4.78 is 28.9. The number of fused-ring (bicyclic) bond motifs is 1. The van der Waals surface area contributed by atoms with Crippen molar-refractivity contribution in [3.8, 4) is 5.75 Å². The van der Waals surface area contributed by atoms with Crippen LogP contribution in [0.25, 0.3) is 10.8 Å². The van der Waals surface area contributed by atoms with Crippen LogP contribution in [0.1, 0.15) is 12.5 Å². The number of ether oxygens (including phenoxy) is 1. The molecule has 0 aliphatic carbocycles. The van der Waals surface area contributed by atoms with E-state index in [1.54, 1.807) is 23.0 Å². The Morgan fingerprint density at radius 2 is 1.91 bits per heavy atom. The van der Waals surface area contributed by atoms with Crippen LogP contribution in [0.2, 0.25) is 0 Å². The molecule has 0 N–H and O–H groups in total. The zero-order chi connectivity index (χ0) is 16.2. The van der Waals surface area contributed by atoms with Crippen molar-refractivity contribution in [2.75, 3.05) is 0 Å². The topological polar surface area (TPSA) is 52.8 Å². The van der Waals surface area contributed by atoms with Crippen LogP contribution in [-0.4, -0.2) is 26.8 Å². The van der Waals surface area contributed by atoms with E-state index in [1.165, 1.54) is 11.9 Å². The Bertz CT molecular complexity index is 777. The molecule has 0 bridgehead atoms. The first-order chi connectivity index (χ1) is 11.1. The van der Waals surface area contributed by atoms with Crippen molar-refractivity contribution in [2.24, 2.45) is 5.92 Å². The average molecular weight is 318 g/mol. The van der Waals surface area contributed by atoms with Crippen LogP contribution in [0, 0.1) is 5.92 Å². The summed E-state index contributed by atoms with van der Waals surface area (Å²) in [6.07, 6.45) is 2.29. The quantitative estimate of drug-likeness (QED) is 0.700. The van der Waals surface area contributed by atoms with Crippen molar-refractivity contribution >= 4 is 10.8 Å². The lowest BCUT2D eigenvalue weighted by Crippen LogP contribution is -2.12. The molecule has 0 fully saturated rings. The fraction of sp³-hybridized carbons (Fsp3) is 0.312. The fourth-order valence-corrected chi connectivity index (χ4v) is 2.59. The number of benzene rings is 2. The van der Waals surface area contributed by atoms with Crippen LogP contribution < -0.4 is 4.74 Å². The van der Waals surface area contributed by atoms with E-state index in [-0.39, 0.29) is 5.75 Å². The Labute approximate surface area is 131 Å². The van der Waals surface area contributed by atoms with Crippen LogP contribution in [0.4, 0.5) is 8.78 Å². The third-order valence-electron chi connectivity index (χ3n) is 3.55. The molecular formula is C16H16F2N4O. The summed E-state index contributed by atoms with van der Waals surface area (Å²) >= 11 is 0. The maximum absolute atomic E-state index is 12.2. The van der Waals surface area contributed by atoms with Gasteiger partial charge in [0.25, 0.3) is 0 Å². The third kappa shape index (κ3) is 4.00. The number of hydrogen-bond donors (Lipinski definition) is 0. The molecule has 0 saturated carbocycles. The number of tetrazole rings is 1. The molecule has 3 rings (SSSR count). The van der Waals surface area contributed by atoms with E-state index < -0.39 is 6.61 Å². The molecule has 120 valence electrons. The van der Waals surface area contributed by atoms with Gasteiger partial charge in [0.15, 0.2) is 6.33 Å². The van der Waals surface area contributed by atoms with Crippen molar-refractivity contribution in [1.29, 1.82) is 0 Å². The number of rotatable bonds is 6. The Kier molecular flexibility index (Phi) is 4.45. The van der Waals surface area contributed by atoms with E-state index in [1.807, 2.05) is 12.1 Å². The molecule has 1 atom stereocenters. The van der Waals surface area contributed by atoms with Crippen molar-refractivity contribution in [3.05, 3.63) is 48.3 Å². The molecule has 23 heavy (non-hydrogen) atoms. The lowest BCUT2D eigenvalue weighted by Gasteiger charge is -2.11. The summed E-state index contributed by atoms with van der Waals surface area (Å²) in [6.45, 7) is 0.00440. The Hall–Kier alpha value is -2.57. The zero-order valence-electron chi connectivity index (χ0n) is 12.6. The second-order valence-corrected chi connectivity index (χ2v) is 5.52. The first-order valence-corrected chi connectivity index (χ1v) is 7.28. The van der Waals surface area contributed by atoms with Crippen molar-refractivity contribution in [2.45, 2.75) is 26.5 Å². The molecule has 5 nitrogen and oxygen atoms in total. The van der Waals surface area contributed by atoms with Crippen molar-refractivity contribution in [3.63, 3.8) is 0 Å². The second-order valence-electron chi connectivity index (χ2n) is 5.52. The molecule has 1 unspecified atom stereocenters. The van der Waals surface area contributed by atoms with Gasteiger partial charge in [0, 0.05) is 0 Å². The highest BCUT2D eigenvalue weighted by atomic mass is 19.3. The molecule has 0 spiro atoms. The molecule has 0 saturated heterocycles. The summed E-state index contributed by atoms with van der Waals surface area (Å²) in [5.41, 5.74) is 1.17. The van der Waals surface area contributed by atoms with Gasteiger partial charge in [0.1, 0.15) is 5.75 Å². The third-order valence-corrected chi connectivity index (χ3v) is 3.55. The van der Waals surface area contributed by atoms with Crippen LogP contribution in [0.15, 0.2) is 42.7 Å². The number of alkyl halides is 2. The van der Waals surface area contributed by atoms with E-state index >= 15 is 0 Å². The predicted molar refractivity (Wildman–Crippen MR) is 81.3 cm³/mol. The molecule has 0 aliphatic rings. The number of aromatic nitrogens is 4. The normalized spacial score (nSPS) is 12.7. The maximum atomic E-state index is 12.2. The van der Waals surface area contributed by atoms with E-state index in [0.717, 1.165) is 17.2 Å². The Morgan fingerprint density at radius 1 is 1.13 bits per heavy atom. The van der Waals surface area contributed by atoms with Crippen LogP contribution in [0.3, 0.4) is 0 Å². The highest BCUT2D eigenvalue weighted by Gasteiger charge is 2.08. The number of nitrogens with zero attached hydrogens (tertiary/aromatic N) is 4. The van der Waals surface area contributed by atoms with E-state index in [0.29, 0.717) is 12.5 Å². The molecule has 2 aromatic carbocycles. The monoisotopic (exact) mass is 318 g/mol. The van der Waals surface area contributed by atoms with Gasteiger partial charge in [-0.3, -0.25) is 0 Å². The first kappa shape index (κ1) is 15.3. The summed E-state index contributed by atoms with van der Waals surface area (Å²) in [4.78, 5) is 1.57. The van der Waals surface area contributed by atoms with Crippen molar-refractivity contribution in [1.82, 2.24) is 20.2 Å². The first-order valence-electron chi connectivity index (χ1n) is 7.28. The summed E-state index contributed by atoms with van der Waals surface area (Å²) in [6, 6.07) is 10.9. The summed E-state index contributed by atoms with van der Waals surface area (Å²) in [5.74, 6) is 0.522. The minimum Gasteiger partial charge on any atom is -0.435 e. The van der Waals surface area contributed by atoms with Crippen molar-refractivity contribution < 1.29 is 13.5 Å². The van der Waals surface area contributed by atoms with Gasteiger partial charge in [0.2, 0.25) is 0 Å². The van der Waals surface area contributed by atoms with Crippen LogP contribution in [0.5, 0.6) is 5.75 Å². The smallest absolute Gasteiger partial charge is 0.387 e. The SMILES string of the molecule is CC(Cc1ccc2cc(OC(F)F)ccc2c1)Cn1ncnn1. The lowest BCUT2D eigenvalue weighted by molar-refractivity contribution is -0.0497. The molecule has 0 aliphatic heterocycles. The number of hydrogen-bond acceptors (Lipinski definition) is 4. The van der Waals surface area contributed by atoms with Gasteiger partial charge in [-0.05, 0) is 46.0 Å². The Balaban J connectivity index is 1.72. The van der Waals surface area contributed by atoms with E-state index in [2.05, 4.69) is 33.1 Å². The minimum atomic E-state index is -2.81. The van der Waals surface area contributed by atoms with Gasteiger partial charge in [-0.25, -0.2) is 0 Å². The molecular weight excluding hydrogens is 302 g/mol. The Morgan fingerprint density at radius 3 is 2.65 bits per heavy atom. The number of halogens is 2. The molecule has 7 heteroatoms. The molecule has 0 amide bonds. The van der Waals surface area contributed by atoms with E-state index in [4.69, 9.17) is 0 Å². The molecule has 3 aromatic rings. The fourth-order valence-electron chi connectivity index (χ4n) is 2.59. The van der Waals surface area contributed by atoms with Gasteiger partial charge in [0.05, 0.1) is 6.54 Å². The highest BCUT2D eigenvalue weighted by Crippen LogP contribution is 2.24. The van der Waals surface area contributed by atoms with Crippen LogP contribution >= 0.6 is 0 Å². The highest BCUT2D eigenvalue weighted by molar-refractivity contribution is 5.84.